The molecular weight excluding hydrogens is 456 g/mol. The fourth-order valence-electron chi connectivity index (χ4n) is 3.42. The monoisotopic (exact) mass is 482 g/mol. The summed E-state index contributed by atoms with van der Waals surface area (Å²) < 4.78 is 25.0. The van der Waals surface area contributed by atoms with E-state index in [0.717, 1.165) is 0 Å². The van der Waals surface area contributed by atoms with Gasteiger partial charge < -0.3 is 15.5 Å². The van der Waals surface area contributed by atoms with Crippen LogP contribution in [0.1, 0.15) is 23.1 Å². The minimum atomic E-state index is -3.22. The lowest BCUT2D eigenvalue weighted by atomic mass is 10.2. The molecule has 0 saturated carbocycles. The molecule has 3 heterocycles. The van der Waals surface area contributed by atoms with Gasteiger partial charge in [-0.25, -0.2) is 13.4 Å². The topological polar surface area (TPSA) is 133 Å². The molecule has 1 amide bonds. The summed E-state index contributed by atoms with van der Waals surface area (Å²) in [6.45, 7) is 3.68. The van der Waals surface area contributed by atoms with Crippen molar-refractivity contribution in [3.05, 3.63) is 60.0 Å². The number of anilines is 4. The molecule has 3 aromatic rings. The Hall–Kier alpha value is -3.64. The van der Waals surface area contributed by atoms with E-state index >= 15 is 0 Å². The molecule has 0 atom stereocenters. The van der Waals surface area contributed by atoms with Crippen molar-refractivity contribution in [1.82, 2.24) is 24.2 Å². The van der Waals surface area contributed by atoms with Crippen LogP contribution in [0.15, 0.2) is 48.7 Å². The Labute approximate surface area is 198 Å². The van der Waals surface area contributed by atoms with E-state index in [2.05, 4.69) is 30.6 Å². The minimum Gasteiger partial charge on any atom is -0.338 e. The second kappa shape index (κ2) is 10.1. The van der Waals surface area contributed by atoms with E-state index in [1.165, 1.54) is 16.8 Å². The molecule has 11 nitrogen and oxygen atoms in total. The van der Waals surface area contributed by atoms with Gasteiger partial charge in [0.1, 0.15) is 11.6 Å². The van der Waals surface area contributed by atoms with Crippen LogP contribution < -0.4 is 15.5 Å². The van der Waals surface area contributed by atoms with Crippen LogP contribution in [0.2, 0.25) is 0 Å². The molecule has 0 radical (unpaired) electrons. The number of amides is 1. The summed E-state index contributed by atoms with van der Waals surface area (Å²) in [5.41, 5.74) is 1.13. The first-order chi connectivity index (χ1) is 16.3. The second-order valence-corrected chi connectivity index (χ2v) is 9.74. The van der Waals surface area contributed by atoms with Crippen molar-refractivity contribution >= 4 is 39.3 Å². The van der Waals surface area contributed by atoms with Gasteiger partial charge in [0.25, 0.3) is 5.91 Å². The fraction of sp³-hybridized carbons (Fsp3) is 0.318. The summed E-state index contributed by atoms with van der Waals surface area (Å²) in [7, 11) is -3.22. The highest BCUT2D eigenvalue weighted by molar-refractivity contribution is 7.88. The zero-order valence-electron chi connectivity index (χ0n) is 19.0. The van der Waals surface area contributed by atoms with Crippen LogP contribution in [0.5, 0.6) is 0 Å². The maximum absolute atomic E-state index is 12.4. The fourth-order valence-corrected chi connectivity index (χ4v) is 4.25. The molecule has 0 spiro atoms. The van der Waals surface area contributed by atoms with Crippen molar-refractivity contribution in [2.45, 2.75) is 13.3 Å². The summed E-state index contributed by atoms with van der Waals surface area (Å²) in [4.78, 5) is 32.1. The summed E-state index contributed by atoms with van der Waals surface area (Å²) >= 11 is 0. The molecule has 1 fully saturated rings. The lowest BCUT2D eigenvalue weighted by Gasteiger charge is -2.33. The average molecular weight is 483 g/mol. The number of hydrogen-bond acceptors (Lipinski definition) is 9. The van der Waals surface area contributed by atoms with Crippen LogP contribution in [0.4, 0.5) is 23.4 Å². The number of benzene rings is 1. The zero-order chi connectivity index (χ0) is 24.1. The number of rotatable bonds is 7. The largest absolute Gasteiger partial charge is 0.338 e. The Morgan fingerprint density at radius 2 is 1.74 bits per heavy atom. The van der Waals surface area contributed by atoms with Gasteiger partial charge in [0.2, 0.25) is 21.9 Å². The molecule has 1 saturated heterocycles. The molecule has 0 unspecified atom stereocenters. The number of sulfonamides is 1. The molecule has 178 valence electrons. The molecule has 0 aliphatic carbocycles. The van der Waals surface area contributed by atoms with Gasteiger partial charge in [-0.15, -0.1) is 0 Å². The van der Waals surface area contributed by atoms with Crippen LogP contribution in [0.25, 0.3) is 0 Å². The van der Waals surface area contributed by atoms with Crippen LogP contribution in [-0.2, 0) is 16.4 Å². The van der Waals surface area contributed by atoms with Crippen LogP contribution in [0, 0.1) is 0 Å². The molecule has 0 bridgehead atoms. The Kier molecular flexibility index (Phi) is 6.98. The standard InChI is InChI=1S/C22H26N8O3S/c1-3-18-25-21(28-22(27-18)29-11-13-30(14-12-29)34(2,32)33)26-19-10-9-16(15-23-19)20(31)24-17-7-5-4-6-8-17/h4-10,15H,3,11-14H2,1-2H3,(H,24,31)(H,23,25,26,27,28). The molecule has 1 aromatic carbocycles. The first kappa shape index (κ1) is 23.5. The average Bonchev–Trinajstić information content (AvgIpc) is 2.84. The summed E-state index contributed by atoms with van der Waals surface area (Å²) in [6.07, 6.45) is 3.31. The number of para-hydroxylation sites is 1. The molecule has 4 rings (SSSR count). The molecular formula is C22H26N8O3S. The van der Waals surface area contributed by atoms with Gasteiger partial charge in [0, 0.05) is 44.5 Å². The predicted octanol–water partition coefficient (Wildman–Crippen LogP) is 1.91. The van der Waals surface area contributed by atoms with Crippen molar-refractivity contribution in [3.63, 3.8) is 0 Å². The maximum Gasteiger partial charge on any atom is 0.257 e. The summed E-state index contributed by atoms with van der Waals surface area (Å²) in [6, 6.07) is 12.5. The summed E-state index contributed by atoms with van der Waals surface area (Å²) in [5, 5.41) is 5.89. The number of aryl methyl sites for hydroxylation is 1. The van der Waals surface area contributed by atoms with Gasteiger partial charge in [0.15, 0.2) is 0 Å². The van der Waals surface area contributed by atoms with Crippen LogP contribution >= 0.6 is 0 Å². The molecule has 1 aliphatic heterocycles. The highest BCUT2D eigenvalue weighted by Gasteiger charge is 2.25. The molecule has 34 heavy (non-hydrogen) atoms. The van der Waals surface area contributed by atoms with E-state index in [-0.39, 0.29) is 5.91 Å². The van der Waals surface area contributed by atoms with Crippen LogP contribution in [-0.4, -0.2) is 71.0 Å². The number of nitrogens with zero attached hydrogens (tertiary/aromatic N) is 6. The third-order valence-electron chi connectivity index (χ3n) is 5.27. The van der Waals surface area contributed by atoms with Gasteiger partial charge in [0.05, 0.1) is 11.8 Å². The van der Waals surface area contributed by atoms with Gasteiger partial charge in [-0.2, -0.15) is 19.3 Å². The van der Waals surface area contributed by atoms with Gasteiger partial charge in [-0.05, 0) is 24.3 Å². The SMILES string of the molecule is CCc1nc(Nc2ccc(C(=O)Nc3ccccc3)cn2)nc(N2CCN(S(C)(=O)=O)CC2)n1. The van der Waals surface area contributed by atoms with Crippen molar-refractivity contribution in [1.29, 1.82) is 0 Å². The Morgan fingerprint density at radius 3 is 2.35 bits per heavy atom. The zero-order valence-corrected chi connectivity index (χ0v) is 19.8. The Bertz CT molecular complexity index is 1240. The van der Waals surface area contributed by atoms with E-state index in [4.69, 9.17) is 0 Å². The number of carbonyl (C=O) groups excluding carboxylic acids is 1. The highest BCUT2D eigenvalue weighted by Crippen LogP contribution is 2.18. The third-order valence-corrected chi connectivity index (χ3v) is 6.58. The van der Waals surface area contributed by atoms with Crippen molar-refractivity contribution < 1.29 is 13.2 Å². The molecule has 1 aliphatic rings. The summed E-state index contributed by atoms with van der Waals surface area (Å²) in [5.74, 6) is 1.66. The van der Waals surface area contributed by atoms with E-state index in [1.807, 2.05) is 42.2 Å². The van der Waals surface area contributed by atoms with Crippen molar-refractivity contribution in [2.24, 2.45) is 0 Å². The minimum absolute atomic E-state index is 0.255. The third kappa shape index (κ3) is 5.83. The van der Waals surface area contributed by atoms with E-state index in [0.29, 0.717) is 67.4 Å². The number of aromatic nitrogens is 4. The number of pyridine rings is 1. The van der Waals surface area contributed by atoms with Crippen molar-refractivity contribution in [3.8, 4) is 0 Å². The van der Waals surface area contributed by atoms with E-state index < -0.39 is 10.0 Å². The maximum atomic E-state index is 12.4. The normalized spacial score (nSPS) is 14.6. The lowest BCUT2D eigenvalue weighted by molar-refractivity contribution is 0.102. The number of piperazine rings is 1. The number of hydrogen-bond donors (Lipinski definition) is 2. The quantitative estimate of drug-likeness (QED) is 0.518. The molecule has 12 heteroatoms. The number of nitrogens with one attached hydrogen (secondary N) is 2. The Balaban J connectivity index is 1.45. The predicted molar refractivity (Wildman–Crippen MR) is 130 cm³/mol. The first-order valence-electron chi connectivity index (χ1n) is 10.9. The highest BCUT2D eigenvalue weighted by atomic mass is 32.2. The van der Waals surface area contributed by atoms with Crippen LogP contribution in [0.3, 0.4) is 0 Å². The van der Waals surface area contributed by atoms with Gasteiger partial charge >= 0.3 is 0 Å². The van der Waals surface area contributed by atoms with Crippen molar-refractivity contribution in [2.75, 3.05) is 48.0 Å². The van der Waals surface area contributed by atoms with Gasteiger partial charge in [-0.3, -0.25) is 4.79 Å². The number of carbonyl (C=O) groups is 1. The molecule has 2 N–H and O–H groups in total. The van der Waals surface area contributed by atoms with E-state index in [9.17, 15) is 13.2 Å². The smallest absolute Gasteiger partial charge is 0.257 e. The second-order valence-electron chi connectivity index (χ2n) is 7.76. The Morgan fingerprint density at radius 1 is 1.00 bits per heavy atom. The van der Waals surface area contributed by atoms with E-state index in [1.54, 1.807) is 12.1 Å². The lowest BCUT2D eigenvalue weighted by Crippen LogP contribution is -2.49. The van der Waals surface area contributed by atoms with Gasteiger partial charge in [-0.1, -0.05) is 25.1 Å². The first-order valence-corrected chi connectivity index (χ1v) is 12.7. The molecule has 2 aromatic heterocycles.